The van der Waals surface area contributed by atoms with Crippen molar-refractivity contribution in [2.75, 3.05) is 18.0 Å². The highest BCUT2D eigenvalue weighted by Gasteiger charge is 2.31. The van der Waals surface area contributed by atoms with Gasteiger partial charge < -0.3 is 10.6 Å². The number of anilines is 1. The number of para-hydroxylation sites is 1. The maximum Gasteiger partial charge on any atom is 0.259 e. The minimum Gasteiger partial charge on any atom is -0.330 e. The van der Waals surface area contributed by atoms with Crippen molar-refractivity contribution < 1.29 is 4.79 Å². The van der Waals surface area contributed by atoms with Gasteiger partial charge in [-0.1, -0.05) is 18.2 Å². The molecule has 3 rings (SSSR count). The van der Waals surface area contributed by atoms with Crippen LogP contribution >= 0.6 is 0 Å². The third-order valence-electron chi connectivity index (χ3n) is 3.74. The molecule has 4 nitrogen and oxygen atoms in total. The second kappa shape index (κ2) is 5.43. The predicted molar refractivity (Wildman–Crippen MR) is 78.8 cm³/mol. The number of aromatic nitrogens is 1. The fourth-order valence-corrected chi connectivity index (χ4v) is 2.78. The second-order valence-electron chi connectivity index (χ2n) is 4.99. The van der Waals surface area contributed by atoms with Crippen molar-refractivity contribution in [3.63, 3.8) is 0 Å². The van der Waals surface area contributed by atoms with Crippen molar-refractivity contribution in [1.82, 2.24) is 4.98 Å². The van der Waals surface area contributed by atoms with E-state index in [-0.39, 0.29) is 5.91 Å². The maximum absolute atomic E-state index is 12.6. The van der Waals surface area contributed by atoms with Crippen molar-refractivity contribution in [2.45, 2.75) is 12.3 Å². The fraction of sp³-hybridized carbons (Fsp3) is 0.250. The molecule has 1 aliphatic heterocycles. The van der Waals surface area contributed by atoms with Gasteiger partial charge in [0.05, 0.1) is 5.56 Å². The van der Waals surface area contributed by atoms with Crippen LogP contribution in [0.3, 0.4) is 0 Å². The van der Waals surface area contributed by atoms with Crippen LogP contribution in [-0.4, -0.2) is 24.0 Å². The average Bonchev–Trinajstić information content (AvgIpc) is 2.87. The third kappa shape index (κ3) is 2.18. The molecule has 2 heterocycles. The van der Waals surface area contributed by atoms with Gasteiger partial charge in [0.25, 0.3) is 5.91 Å². The van der Waals surface area contributed by atoms with E-state index in [0.717, 1.165) is 12.1 Å². The number of rotatable bonds is 3. The Balaban J connectivity index is 1.94. The first-order valence-corrected chi connectivity index (χ1v) is 6.82. The molecule has 102 valence electrons. The van der Waals surface area contributed by atoms with Gasteiger partial charge in [-0.2, -0.15) is 0 Å². The average molecular weight is 267 g/mol. The van der Waals surface area contributed by atoms with Gasteiger partial charge in [-0.3, -0.25) is 9.78 Å². The number of amides is 1. The first-order valence-electron chi connectivity index (χ1n) is 6.82. The highest BCUT2D eigenvalue weighted by atomic mass is 16.2. The van der Waals surface area contributed by atoms with E-state index in [2.05, 4.69) is 11.1 Å². The van der Waals surface area contributed by atoms with Crippen LogP contribution in [0.25, 0.3) is 0 Å². The van der Waals surface area contributed by atoms with E-state index >= 15 is 0 Å². The Morgan fingerprint density at radius 1 is 1.30 bits per heavy atom. The van der Waals surface area contributed by atoms with Gasteiger partial charge >= 0.3 is 0 Å². The summed E-state index contributed by atoms with van der Waals surface area (Å²) in [6.07, 6.45) is 4.18. The molecule has 1 atom stereocenters. The summed E-state index contributed by atoms with van der Waals surface area (Å²) in [5, 5.41) is 0. The normalized spacial score (nSPS) is 17.1. The summed E-state index contributed by atoms with van der Waals surface area (Å²) in [5.41, 5.74) is 8.52. The van der Waals surface area contributed by atoms with Crippen LogP contribution in [0.1, 0.15) is 28.3 Å². The van der Waals surface area contributed by atoms with Gasteiger partial charge in [0.15, 0.2) is 0 Å². The van der Waals surface area contributed by atoms with Crippen molar-refractivity contribution in [2.24, 2.45) is 5.73 Å². The highest BCUT2D eigenvalue weighted by molar-refractivity contribution is 6.07. The summed E-state index contributed by atoms with van der Waals surface area (Å²) in [7, 11) is 0. The summed E-state index contributed by atoms with van der Waals surface area (Å²) in [6.45, 7) is 1.33. The van der Waals surface area contributed by atoms with E-state index in [1.54, 1.807) is 24.5 Å². The number of hydrogen-bond acceptors (Lipinski definition) is 3. The number of benzene rings is 1. The molecular weight excluding hydrogens is 250 g/mol. The third-order valence-corrected chi connectivity index (χ3v) is 3.74. The lowest BCUT2D eigenvalue weighted by Gasteiger charge is -2.17. The summed E-state index contributed by atoms with van der Waals surface area (Å²) >= 11 is 0. The minimum atomic E-state index is 0.00470. The van der Waals surface area contributed by atoms with Crippen LogP contribution < -0.4 is 10.6 Å². The molecule has 0 aliphatic carbocycles. The van der Waals surface area contributed by atoms with Crippen LogP contribution in [0.2, 0.25) is 0 Å². The summed E-state index contributed by atoms with van der Waals surface area (Å²) in [5.74, 6) is 0.335. The standard InChI is InChI=1S/C16H17N3O/c17-8-7-13-11-19(15-6-2-1-5-14(13)15)16(20)12-4-3-9-18-10-12/h1-6,9-10,13H,7-8,11,17H2. The molecular formula is C16H17N3O. The lowest BCUT2D eigenvalue weighted by molar-refractivity contribution is 0.0987. The smallest absolute Gasteiger partial charge is 0.259 e. The Kier molecular flexibility index (Phi) is 3.48. The van der Waals surface area contributed by atoms with Gasteiger partial charge in [-0.05, 0) is 36.7 Å². The molecule has 1 aromatic heterocycles. The summed E-state index contributed by atoms with van der Waals surface area (Å²) < 4.78 is 0. The number of nitrogens with two attached hydrogens (primary N) is 1. The van der Waals surface area contributed by atoms with Crippen molar-refractivity contribution >= 4 is 11.6 Å². The number of fused-ring (bicyclic) bond motifs is 1. The van der Waals surface area contributed by atoms with Gasteiger partial charge in [0.1, 0.15) is 0 Å². The van der Waals surface area contributed by atoms with Crippen LogP contribution in [0.5, 0.6) is 0 Å². The summed E-state index contributed by atoms with van der Waals surface area (Å²) in [6, 6.07) is 11.7. The van der Waals surface area contributed by atoms with E-state index in [1.807, 2.05) is 23.1 Å². The first kappa shape index (κ1) is 12.8. The van der Waals surface area contributed by atoms with Gasteiger partial charge in [-0.15, -0.1) is 0 Å². The van der Waals surface area contributed by atoms with Crippen LogP contribution in [0.4, 0.5) is 5.69 Å². The topological polar surface area (TPSA) is 59.2 Å². The van der Waals surface area contributed by atoms with Crippen LogP contribution in [-0.2, 0) is 0 Å². The van der Waals surface area contributed by atoms with E-state index in [0.29, 0.717) is 24.6 Å². The molecule has 2 N–H and O–H groups in total. The largest absolute Gasteiger partial charge is 0.330 e. The van der Waals surface area contributed by atoms with Gasteiger partial charge in [0, 0.05) is 30.5 Å². The zero-order valence-electron chi connectivity index (χ0n) is 11.2. The highest BCUT2D eigenvalue weighted by Crippen LogP contribution is 2.38. The first-order chi connectivity index (χ1) is 9.81. The number of carbonyl (C=O) groups excluding carboxylic acids is 1. The molecule has 1 unspecified atom stereocenters. The fourth-order valence-electron chi connectivity index (χ4n) is 2.78. The number of carbonyl (C=O) groups is 1. The molecule has 0 saturated heterocycles. The van der Waals surface area contributed by atoms with Crippen molar-refractivity contribution in [1.29, 1.82) is 0 Å². The SMILES string of the molecule is NCCC1CN(C(=O)c2cccnc2)c2ccccc21. The second-order valence-corrected chi connectivity index (χ2v) is 4.99. The van der Waals surface area contributed by atoms with E-state index in [4.69, 9.17) is 5.73 Å². The van der Waals surface area contributed by atoms with Crippen LogP contribution in [0, 0.1) is 0 Å². The zero-order chi connectivity index (χ0) is 13.9. The molecule has 4 heteroatoms. The van der Waals surface area contributed by atoms with Gasteiger partial charge in [0.2, 0.25) is 0 Å². The molecule has 0 bridgehead atoms. The lowest BCUT2D eigenvalue weighted by atomic mass is 9.98. The van der Waals surface area contributed by atoms with Crippen molar-refractivity contribution in [3.8, 4) is 0 Å². The molecule has 0 saturated carbocycles. The quantitative estimate of drug-likeness (QED) is 0.927. The Morgan fingerprint density at radius 2 is 2.15 bits per heavy atom. The van der Waals surface area contributed by atoms with E-state index < -0.39 is 0 Å². The maximum atomic E-state index is 12.6. The van der Waals surface area contributed by atoms with E-state index in [1.165, 1.54) is 5.56 Å². The molecule has 1 aromatic carbocycles. The monoisotopic (exact) mass is 267 g/mol. The van der Waals surface area contributed by atoms with Crippen LogP contribution in [0.15, 0.2) is 48.8 Å². The Hall–Kier alpha value is -2.20. The molecule has 20 heavy (non-hydrogen) atoms. The molecule has 0 radical (unpaired) electrons. The number of hydrogen-bond donors (Lipinski definition) is 1. The molecule has 0 fully saturated rings. The Bertz CT molecular complexity index is 612. The van der Waals surface area contributed by atoms with E-state index in [9.17, 15) is 4.79 Å². The predicted octanol–water partition coefficient (Wildman–Crippen LogP) is 2.17. The molecule has 1 amide bonds. The molecule has 1 aliphatic rings. The van der Waals surface area contributed by atoms with Gasteiger partial charge in [-0.25, -0.2) is 0 Å². The molecule has 0 spiro atoms. The number of pyridine rings is 1. The van der Waals surface area contributed by atoms with Crippen molar-refractivity contribution in [3.05, 3.63) is 59.9 Å². The lowest BCUT2D eigenvalue weighted by Crippen LogP contribution is -2.30. The molecule has 2 aromatic rings. The summed E-state index contributed by atoms with van der Waals surface area (Å²) in [4.78, 5) is 18.5. The number of nitrogens with zero attached hydrogens (tertiary/aromatic N) is 2. The zero-order valence-corrected chi connectivity index (χ0v) is 11.2. The minimum absolute atomic E-state index is 0.00470. The Labute approximate surface area is 118 Å². The Morgan fingerprint density at radius 3 is 2.90 bits per heavy atom.